The van der Waals surface area contributed by atoms with Gasteiger partial charge in [0.1, 0.15) is 5.82 Å². The molecule has 0 saturated heterocycles. The van der Waals surface area contributed by atoms with Crippen molar-refractivity contribution in [2.45, 2.75) is 18.4 Å². The zero-order valence-electron chi connectivity index (χ0n) is 17.5. The number of rotatable bonds is 5. The topological polar surface area (TPSA) is 64.0 Å². The maximum Gasteiger partial charge on any atom is 0.256 e. The van der Waals surface area contributed by atoms with Crippen LogP contribution in [0.5, 0.6) is 0 Å². The van der Waals surface area contributed by atoms with E-state index in [-0.39, 0.29) is 11.7 Å². The van der Waals surface area contributed by atoms with Crippen molar-refractivity contribution in [2.75, 3.05) is 5.32 Å². The molecule has 0 bridgehead atoms. The van der Waals surface area contributed by atoms with E-state index in [1.165, 1.54) is 5.56 Å². The van der Waals surface area contributed by atoms with Crippen LogP contribution in [0.2, 0.25) is 0 Å². The maximum absolute atomic E-state index is 13.1. The molecule has 0 spiro atoms. The Morgan fingerprint density at radius 2 is 1.50 bits per heavy atom. The molecule has 1 amide bonds. The van der Waals surface area contributed by atoms with Crippen molar-refractivity contribution >= 4 is 29.3 Å². The first kappa shape index (κ1) is 20.3. The number of nitrogens with zero attached hydrogens (tertiary/aromatic N) is 2. The molecule has 5 nitrogen and oxygen atoms in total. The molecule has 2 heterocycles. The van der Waals surface area contributed by atoms with Crippen molar-refractivity contribution in [3.05, 3.63) is 112 Å². The summed E-state index contributed by atoms with van der Waals surface area (Å²) in [6, 6.07) is 24.0. The minimum absolute atomic E-state index is 0.0650. The molecular formula is C26H21N3O2S. The summed E-state index contributed by atoms with van der Waals surface area (Å²) in [4.78, 5) is 25.7. The van der Waals surface area contributed by atoms with Gasteiger partial charge in [0.05, 0.1) is 11.4 Å². The van der Waals surface area contributed by atoms with Crippen LogP contribution in [0.1, 0.15) is 43.1 Å². The third-order valence-electron chi connectivity index (χ3n) is 5.51. The first-order chi connectivity index (χ1) is 15.6. The van der Waals surface area contributed by atoms with Crippen LogP contribution in [0, 0.1) is 6.92 Å². The van der Waals surface area contributed by atoms with Gasteiger partial charge in [0.25, 0.3) is 5.91 Å². The monoisotopic (exact) mass is 439 g/mol. The molecule has 0 fully saturated rings. The van der Waals surface area contributed by atoms with E-state index in [4.69, 9.17) is 5.10 Å². The van der Waals surface area contributed by atoms with Crippen molar-refractivity contribution in [1.29, 1.82) is 0 Å². The number of thioether (sulfide) groups is 1. The normalized spacial score (nSPS) is 12.4. The van der Waals surface area contributed by atoms with Gasteiger partial charge in [-0.25, -0.2) is 4.68 Å². The fourth-order valence-corrected chi connectivity index (χ4v) is 4.76. The number of carbonyl (C=O) groups excluding carboxylic acids is 2. The Labute approximate surface area is 190 Å². The van der Waals surface area contributed by atoms with Gasteiger partial charge in [-0.3, -0.25) is 9.59 Å². The lowest BCUT2D eigenvalue weighted by Crippen LogP contribution is -2.16. The van der Waals surface area contributed by atoms with Crippen LogP contribution in [0.3, 0.4) is 0 Å². The lowest BCUT2D eigenvalue weighted by atomic mass is 10.0. The number of amides is 1. The van der Waals surface area contributed by atoms with Crippen molar-refractivity contribution < 1.29 is 9.59 Å². The largest absolute Gasteiger partial charge is 0.306 e. The van der Waals surface area contributed by atoms with Gasteiger partial charge in [-0.1, -0.05) is 60.2 Å². The van der Waals surface area contributed by atoms with E-state index >= 15 is 0 Å². The van der Waals surface area contributed by atoms with E-state index < -0.39 is 0 Å². The van der Waals surface area contributed by atoms with Gasteiger partial charge < -0.3 is 5.32 Å². The fraction of sp³-hybridized carbons (Fsp3) is 0.115. The standard InChI is InChI=1S/C26H21N3O2S/c1-17-7-13-21(14-8-17)29-25(22-15-32-16-23(22)28-29)27-26(31)20-11-9-19(10-12-20)24(30)18-5-3-2-4-6-18/h2-14H,15-16H2,1H3,(H,27,31). The summed E-state index contributed by atoms with van der Waals surface area (Å²) < 4.78 is 1.81. The molecule has 1 aliphatic heterocycles. The summed E-state index contributed by atoms with van der Waals surface area (Å²) in [5.74, 6) is 2.08. The minimum Gasteiger partial charge on any atom is -0.306 e. The fourth-order valence-electron chi connectivity index (χ4n) is 3.72. The van der Waals surface area contributed by atoms with Gasteiger partial charge in [-0.15, -0.1) is 0 Å². The molecule has 158 valence electrons. The highest BCUT2D eigenvalue weighted by atomic mass is 32.2. The summed E-state index contributed by atoms with van der Waals surface area (Å²) in [5.41, 5.74) is 5.82. The molecule has 4 aromatic rings. The van der Waals surface area contributed by atoms with Crippen molar-refractivity contribution in [1.82, 2.24) is 9.78 Å². The lowest BCUT2D eigenvalue weighted by Gasteiger charge is -2.12. The number of nitrogens with one attached hydrogen (secondary N) is 1. The molecule has 1 aromatic heterocycles. The number of hydrogen-bond acceptors (Lipinski definition) is 4. The Hall–Kier alpha value is -3.64. The smallest absolute Gasteiger partial charge is 0.256 e. The third-order valence-corrected chi connectivity index (χ3v) is 6.48. The zero-order chi connectivity index (χ0) is 22.1. The number of benzene rings is 3. The maximum atomic E-state index is 13.1. The first-order valence-corrected chi connectivity index (χ1v) is 11.5. The number of hydrogen-bond donors (Lipinski definition) is 1. The highest BCUT2D eigenvalue weighted by Gasteiger charge is 2.25. The average molecular weight is 440 g/mol. The third kappa shape index (κ3) is 3.85. The van der Waals surface area contributed by atoms with E-state index in [0.29, 0.717) is 22.5 Å². The Kier molecular flexibility index (Phi) is 5.37. The highest BCUT2D eigenvalue weighted by molar-refractivity contribution is 7.98. The molecular weight excluding hydrogens is 418 g/mol. The second-order valence-corrected chi connectivity index (χ2v) is 8.73. The quantitative estimate of drug-likeness (QED) is 0.422. The van der Waals surface area contributed by atoms with Gasteiger partial charge in [0, 0.05) is 33.8 Å². The predicted molar refractivity (Wildman–Crippen MR) is 128 cm³/mol. The summed E-state index contributed by atoms with van der Waals surface area (Å²) in [7, 11) is 0. The summed E-state index contributed by atoms with van der Waals surface area (Å²) in [5, 5.41) is 7.81. The van der Waals surface area contributed by atoms with Crippen molar-refractivity contribution in [2.24, 2.45) is 0 Å². The van der Waals surface area contributed by atoms with Crippen molar-refractivity contribution in [3.8, 4) is 5.69 Å². The number of aromatic nitrogens is 2. The van der Waals surface area contributed by atoms with Crippen LogP contribution in [0.25, 0.3) is 5.69 Å². The molecule has 5 rings (SSSR count). The Morgan fingerprint density at radius 1 is 0.844 bits per heavy atom. The SMILES string of the molecule is Cc1ccc(-n2nc3c(c2NC(=O)c2ccc(C(=O)c4ccccc4)cc2)CSC3)cc1. The van der Waals surface area contributed by atoms with Gasteiger partial charge >= 0.3 is 0 Å². The van der Waals surface area contributed by atoms with Gasteiger partial charge in [0.15, 0.2) is 5.78 Å². The summed E-state index contributed by atoms with van der Waals surface area (Å²) in [6.45, 7) is 2.04. The van der Waals surface area contributed by atoms with Crippen LogP contribution >= 0.6 is 11.8 Å². The highest BCUT2D eigenvalue weighted by Crippen LogP contribution is 2.36. The molecule has 0 radical (unpaired) electrons. The van der Waals surface area contributed by atoms with Gasteiger partial charge in [0.2, 0.25) is 0 Å². The Balaban J connectivity index is 1.41. The van der Waals surface area contributed by atoms with Gasteiger partial charge in [-0.05, 0) is 31.2 Å². The summed E-state index contributed by atoms with van der Waals surface area (Å²) >= 11 is 1.79. The molecule has 6 heteroatoms. The first-order valence-electron chi connectivity index (χ1n) is 10.4. The van der Waals surface area contributed by atoms with Gasteiger partial charge in [-0.2, -0.15) is 16.9 Å². The number of anilines is 1. The molecule has 0 atom stereocenters. The number of ketones is 1. The summed E-state index contributed by atoms with van der Waals surface area (Å²) in [6.07, 6.45) is 0. The molecule has 3 aromatic carbocycles. The second-order valence-electron chi connectivity index (χ2n) is 7.74. The van der Waals surface area contributed by atoms with Crippen LogP contribution < -0.4 is 5.32 Å². The van der Waals surface area contributed by atoms with E-state index in [2.05, 4.69) is 5.32 Å². The number of aryl methyl sites for hydroxylation is 1. The van der Waals surface area contributed by atoms with E-state index in [0.717, 1.165) is 28.5 Å². The van der Waals surface area contributed by atoms with Crippen LogP contribution in [-0.4, -0.2) is 21.5 Å². The molecule has 0 unspecified atom stereocenters. The van der Waals surface area contributed by atoms with E-state index in [1.54, 1.807) is 48.2 Å². The molecule has 1 N–H and O–H groups in total. The predicted octanol–water partition coefficient (Wildman–Crippen LogP) is 5.41. The molecule has 1 aliphatic rings. The Bertz CT molecular complexity index is 1290. The van der Waals surface area contributed by atoms with Crippen LogP contribution in [0.15, 0.2) is 78.9 Å². The second kappa shape index (κ2) is 8.48. The lowest BCUT2D eigenvalue weighted by molar-refractivity contribution is 0.101. The van der Waals surface area contributed by atoms with Crippen LogP contribution in [0.4, 0.5) is 5.82 Å². The average Bonchev–Trinajstić information content (AvgIpc) is 3.42. The van der Waals surface area contributed by atoms with E-state index in [9.17, 15) is 9.59 Å². The van der Waals surface area contributed by atoms with E-state index in [1.807, 2.05) is 54.1 Å². The Morgan fingerprint density at radius 3 is 2.22 bits per heavy atom. The minimum atomic E-state index is -0.225. The van der Waals surface area contributed by atoms with Crippen molar-refractivity contribution in [3.63, 3.8) is 0 Å². The number of carbonyl (C=O) groups is 2. The number of fused-ring (bicyclic) bond motifs is 1. The zero-order valence-corrected chi connectivity index (χ0v) is 18.4. The molecule has 0 saturated carbocycles. The molecule has 32 heavy (non-hydrogen) atoms. The molecule has 0 aliphatic carbocycles. The van der Waals surface area contributed by atoms with Crippen LogP contribution in [-0.2, 0) is 11.5 Å².